The number of carbonyl (C=O) groups excluding carboxylic acids is 1. The molecule has 3 rings (SSSR count). The third-order valence-electron chi connectivity index (χ3n) is 3.59. The number of carboxylic acid groups (broad SMARTS) is 1. The molecular weight excluding hydrogens is 279 g/mol. The van der Waals surface area contributed by atoms with Crippen molar-refractivity contribution < 1.29 is 14.7 Å². The van der Waals surface area contributed by atoms with E-state index in [2.05, 4.69) is 4.98 Å². The number of thiazole rings is 1. The zero-order valence-electron chi connectivity index (χ0n) is 9.13. The van der Waals surface area contributed by atoms with Crippen molar-refractivity contribution in [2.45, 2.75) is 37.8 Å². The summed E-state index contributed by atoms with van der Waals surface area (Å²) in [5.41, 5.74) is 0.284. The second kappa shape index (κ2) is 5.68. The van der Waals surface area contributed by atoms with Gasteiger partial charge < -0.3 is 10.0 Å². The second-order valence-corrected chi connectivity index (χ2v) is 5.38. The van der Waals surface area contributed by atoms with E-state index in [1.807, 2.05) is 4.90 Å². The maximum atomic E-state index is 12.2. The molecule has 18 heavy (non-hydrogen) atoms. The molecule has 0 unspecified atom stereocenters. The summed E-state index contributed by atoms with van der Waals surface area (Å²) in [5.74, 6) is -1.17. The minimum absolute atomic E-state index is 0. The molecule has 2 aliphatic rings. The third kappa shape index (κ3) is 2.44. The van der Waals surface area contributed by atoms with Gasteiger partial charge in [0, 0.05) is 17.5 Å². The summed E-state index contributed by atoms with van der Waals surface area (Å²) in [6.07, 6.45) is 4.30. The van der Waals surface area contributed by atoms with Gasteiger partial charge >= 0.3 is 57.4 Å². The number of carboxylic acids is 1. The number of rotatable bonds is 2. The van der Waals surface area contributed by atoms with Gasteiger partial charge in [0.15, 0.2) is 0 Å². The molecule has 5 nitrogen and oxygen atoms in total. The van der Waals surface area contributed by atoms with Crippen LogP contribution in [0.5, 0.6) is 0 Å². The Labute approximate surface area is 151 Å². The van der Waals surface area contributed by atoms with Crippen LogP contribution in [0.4, 0.5) is 0 Å². The van der Waals surface area contributed by atoms with Crippen LogP contribution in [-0.2, 0) is 0 Å². The molecule has 1 amide bonds. The van der Waals surface area contributed by atoms with E-state index in [1.54, 1.807) is 5.38 Å². The monoisotopic (exact) mass is 292 g/mol. The zero-order valence-corrected chi connectivity index (χ0v) is 9.94. The van der Waals surface area contributed by atoms with E-state index in [4.69, 9.17) is 5.11 Å². The first-order valence-electron chi connectivity index (χ1n) is 5.68. The van der Waals surface area contributed by atoms with Crippen LogP contribution >= 0.6 is 11.3 Å². The van der Waals surface area contributed by atoms with Gasteiger partial charge in [0.2, 0.25) is 5.01 Å². The van der Waals surface area contributed by atoms with Crippen LogP contribution in [0.25, 0.3) is 0 Å². The Kier molecular flexibility index (Phi) is 4.61. The molecule has 7 heteroatoms. The summed E-state index contributed by atoms with van der Waals surface area (Å²) in [6, 6.07) is 0.699. The Hall–Kier alpha value is 0.206. The van der Waals surface area contributed by atoms with Crippen molar-refractivity contribution >= 4 is 74.6 Å². The van der Waals surface area contributed by atoms with Gasteiger partial charge in [0.1, 0.15) is 5.69 Å². The standard InChI is InChI=1S/C11H12N2O3S.K.H/c14-10(8-5-17-9(12-8)11(15)16)13-6-1-2-7(13)4-3-6;;/h5-7H,1-4H2,(H,15,16);;. The SMILES string of the molecule is O=C(O)c1nc(C(=O)N2C3CCC2CC3)cs1.[KH]. The summed E-state index contributed by atoms with van der Waals surface area (Å²) in [7, 11) is 0. The predicted molar refractivity (Wildman–Crippen MR) is 68.4 cm³/mol. The molecule has 0 atom stereocenters. The number of hydrogen-bond donors (Lipinski definition) is 1. The van der Waals surface area contributed by atoms with Gasteiger partial charge in [-0.15, -0.1) is 11.3 Å². The van der Waals surface area contributed by atoms with E-state index in [-0.39, 0.29) is 68.0 Å². The molecule has 0 aromatic carbocycles. The van der Waals surface area contributed by atoms with E-state index < -0.39 is 5.97 Å². The maximum absolute atomic E-state index is 12.2. The minimum atomic E-state index is -1.07. The van der Waals surface area contributed by atoms with Gasteiger partial charge in [0.05, 0.1) is 0 Å². The fourth-order valence-electron chi connectivity index (χ4n) is 2.85. The Balaban J connectivity index is 0.00000120. The first kappa shape index (κ1) is 14.6. The van der Waals surface area contributed by atoms with Crippen molar-refractivity contribution in [3.8, 4) is 0 Å². The molecule has 0 saturated carbocycles. The Morgan fingerprint density at radius 2 is 1.83 bits per heavy atom. The van der Waals surface area contributed by atoms with Crippen molar-refractivity contribution in [2.75, 3.05) is 0 Å². The number of nitrogens with zero attached hydrogens (tertiary/aromatic N) is 2. The topological polar surface area (TPSA) is 70.5 Å². The van der Waals surface area contributed by atoms with Gasteiger partial charge in [0.25, 0.3) is 5.91 Å². The number of hydrogen-bond acceptors (Lipinski definition) is 4. The van der Waals surface area contributed by atoms with E-state index >= 15 is 0 Å². The number of aromatic nitrogens is 1. The van der Waals surface area contributed by atoms with Gasteiger partial charge in [-0.3, -0.25) is 4.79 Å². The van der Waals surface area contributed by atoms with Crippen molar-refractivity contribution in [1.29, 1.82) is 0 Å². The molecule has 92 valence electrons. The molecule has 2 fully saturated rings. The van der Waals surface area contributed by atoms with Crippen LogP contribution in [0.1, 0.15) is 46.0 Å². The van der Waals surface area contributed by atoms with Gasteiger partial charge in [-0.2, -0.15) is 0 Å². The number of fused-ring (bicyclic) bond motifs is 2. The number of carbonyl (C=O) groups is 2. The summed E-state index contributed by atoms with van der Waals surface area (Å²) in [4.78, 5) is 28.7. The van der Waals surface area contributed by atoms with Gasteiger partial charge in [-0.25, -0.2) is 9.78 Å². The summed E-state index contributed by atoms with van der Waals surface area (Å²) >= 11 is 1.01. The summed E-state index contributed by atoms with van der Waals surface area (Å²) in [6.45, 7) is 0. The van der Waals surface area contributed by atoms with E-state index in [0.717, 1.165) is 37.0 Å². The Bertz CT molecular complexity index is 470. The quantitative estimate of drug-likeness (QED) is 0.824. The van der Waals surface area contributed by atoms with Crippen molar-refractivity contribution in [1.82, 2.24) is 9.88 Å². The summed E-state index contributed by atoms with van der Waals surface area (Å²) < 4.78 is 0. The number of amides is 1. The van der Waals surface area contributed by atoms with E-state index in [1.165, 1.54) is 0 Å². The first-order chi connectivity index (χ1) is 8.16. The molecule has 1 aromatic rings. The molecule has 2 aliphatic heterocycles. The van der Waals surface area contributed by atoms with Crippen LogP contribution in [0, 0.1) is 0 Å². The van der Waals surface area contributed by atoms with Gasteiger partial charge in [-0.05, 0) is 25.7 Å². The first-order valence-corrected chi connectivity index (χ1v) is 6.56. The number of aromatic carboxylic acids is 1. The van der Waals surface area contributed by atoms with E-state index in [0.29, 0.717) is 12.1 Å². The van der Waals surface area contributed by atoms with Crippen LogP contribution in [0.15, 0.2) is 5.38 Å². The average Bonchev–Trinajstić information content (AvgIpc) is 3.03. The molecule has 0 aliphatic carbocycles. The third-order valence-corrected chi connectivity index (χ3v) is 4.42. The molecule has 2 saturated heterocycles. The summed E-state index contributed by atoms with van der Waals surface area (Å²) in [5, 5.41) is 10.3. The molecule has 0 radical (unpaired) electrons. The average molecular weight is 292 g/mol. The molecule has 1 N–H and O–H groups in total. The molecule has 3 heterocycles. The zero-order chi connectivity index (χ0) is 12.0. The van der Waals surface area contributed by atoms with Crippen molar-refractivity contribution in [2.24, 2.45) is 0 Å². The van der Waals surface area contributed by atoms with Crippen molar-refractivity contribution in [3.05, 3.63) is 16.1 Å². The van der Waals surface area contributed by atoms with Crippen LogP contribution in [0.3, 0.4) is 0 Å². The Morgan fingerprint density at radius 3 is 2.28 bits per heavy atom. The van der Waals surface area contributed by atoms with Crippen LogP contribution in [-0.4, -0.2) is 90.3 Å². The normalized spacial score (nSPS) is 25.0. The molecule has 1 aromatic heterocycles. The van der Waals surface area contributed by atoms with E-state index in [9.17, 15) is 9.59 Å². The molecular formula is C11H13KN2O3S. The van der Waals surface area contributed by atoms with Crippen molar-refractivity contribution in [3.63, 3.8) is 0 Å². The van der Waals surface area contributed by atoms with Gasteiger partial charge in [-0.1, -0.05) is 0 Å². The molecule has 2 bridgehead atoms. The van der Waals surface area contributed by atoms with Crippen LogP contribution < -0.4 is 0 Å². The predicted octanol–water partition coefficient (Wildman–Crippen LogP) is 0.960. The second-order valence-electron chi connectivity index (χ2n) is 4.52. The van der Waals surface area contributed by atoms with Crippen LogP contribution in [0.2, 0.25) is 0 Å². The fourth-order valence-corrected chi connectivity index (χ4v) is 3.48. The Morgan fingerprint density at radius 1 is 1.28 bits per heavy atom. The fraction of sp³-hybridized carbons (Fsp3) is 0.545. The molecule has 0 spiro atoms.